The van der Waals surface area contributed by atoms with Crippen molar-refractivity contribution in [3.8, 4) is 5.75 Å². The number of nitrogens with one attached hydrogen (secondary N) is 2. The summed E-state index contributed by atoms with van der Waals surface area (Å²) in [4.78, 5) is 13.5. The lowest BCUT2D eigenvalue weighted by Gasteiger charge is -2.23. The van der Waals surface area contributed by atoms with Gasteiger partial charge in [0.2, 0.25) is 5.91 Å². The van der Waals surface area contributed by atoms with Crippen LogP contribution >= 0.6 is 0 Å². The number of hydrogen-bond donors (Lipinski definition) is 2. The fraction of sp³-hybridized carbons (Fsp3) is 0.435. The maximum Gasteiger partial charge on any atom is 0.264 e. The van der Waals surface area contributed by atoms with E-state index < -0.39 is 21.3 Å². The van der Waals surface area contributed by atoms with Crippen LogP contribution in [0.2, 0.25) is 0 Å². The van der Waals surface area contributed by atoms with Gasteiger partial charge in [0.25, 0.3) is 10.0 Å². The van der Waals surface area contributed by atoms with Crippen LogP contribution in [-0.2, 0) is 26.7 Å². The van der Waals surface area contributed by atoms with Crippen LogP contribution in [-0.4, -0.2) is 28.0 Å². The number of methoxy groups -OCH3 is 1. The Hall–Kier alpha value is -2.54. The lowest BCUT2D eigenvalue weighted by molar-refractivity contribution is -0.121. The Kier molecular flexibility index (Phi) is 5.26. The summed E-state index contributed by atoms with van der Waals surface area (Å²) >= 11 is 0. The number of rotatable bonds is 6. The first-order chi connectivity index (χ1) is 14.3. The predicted octanol–water partition coefficient (Wildman–Crippen LogP) is 3.71. The molecule has 1 heterocycles. The zero-order valence-corrected chi connectivity index (χ0v) is 18.4. The molecule has 0 saturated heterocycles. The number of sulfonamides is 1. The van der Waals surface area contributed by atoms with E-state index in [0.29, 0.717) is 30.9 Å². The van der Waals surface area contributed by atoms with Gasteiger partial charge in [-0.25, -0.2) is 13.1 Å². The van der Waals surface area contributed by atoms with E-state index in [-0.39, 0.29) is 4.90 Å². The van der Waals surface area contributed by atoms with Crippen molar-refractivity contribution >= 4 is 21.6 Å². The normalized spacial score (nSPS) is 17.1. The van der Waals surface area contributed by atoms with Gasteiger partial charge in [-0.15, -0.1) is 0 Å². The average Bonchev–Trinajstić information content (AvgIpc) is 3.54. The summed E-state index contributed by atoms with van der Waals surface area (Å²) in [5, 5.41) is 3.24. The molecule has 1 amide bonds. The van der Waals surface area contributed by atoms with Crippen molar-refractivity contribution in [1.29, 1.82) is 0 Å². The third-order valence-corrected chi connectivity index (χ3v) is 7.57. The summed E-state index contributed by atoms with van der Waals surface area (Å²) < 4.78 is 34.2. The molecule has 0 unspecified atom stereocenters. The highest BCUT2D eigenvalue weighted by molar-refractivity contribution is 7.90. The Morgan fingerprint density at radius 3 is 2.63 bits per heavy atom. The molecule has 6 nitrogen and oxygen atoms in total. The standard InChI is InChI=1S/C23H28N2O4S/c1-15(2)16-9-10-20(29-3)18(14-16)23(11-12-23)22(26)25-30(27,28)21-8-4-7-19-17(21)6-5-13-24-19/h4,7-10,14-15,24H,5-6,11-13H2,1-3H3,(H,25,26). The zero-order valence-electron chi connectivity index (χ0n) is 17.6. The van der Waals surface area contributed by atoms with Crippen molar-refractivity contribution < 1.29 is 17.9 Å². The predicted molar refractivity (Wildman–Crippen MR) is 117 cm³/mol. The van der Waals surface area contributed by atoms with Crippen molar-refractivity contribution in [3.63, 3.8) is 0 Å². The van der Waals surface area contributed by atoms with E-state index in [0.717, 1.165) is 35.3 Å². The van der Waals surface area contributed by atoms with Gasteiger partial charge in [0.15, 0.2) is 0 Å². The third-order valence-electron chi connectivity index (χ3n) is 6.16. The topological polar surface area (TPSA) is 84.5 Å². The molecule has 2 N–H and O–H groups in total. The number of amides is 1. The van der Waals surface area contributed by atoms with Crippen molar-refractivity contribution in [1.82, 2.24) is 4.72 Å². The lowest BCUT2D eigenvalue weighted by atomic mass is 9.90. The molecule has 1 aliphatic heterocycles. The average molecular weight is 429 g/mol. The Labute approximate surface area is 178 Å². The molecule has 0 bridgehead atoms. The van der Waals surface area contributed by atoms with Crippen molar-refractivity contribution in [2.45, 2.75) is 55.8 Å². The van der Waals surface area contributed by atoms with Gasteiger partial charge in [0, 0.05) is 17.8 Å². The van der Waals surface area contributed by atoms with Crippen LogP contribution in [0.5, 0.6) is 5.75 Å². The SMILES string of the molecule is COc1ccc(C(C)C)cc1C1(C(=O)NS(=O)(=O)c2cccc3c2CCCN3)CC1. The second-order valence-electron chi connectivity index (χ2n) is 8.44. The minimum atomic E-state index is -3.98. The van der Waals surface area contributed by atoms with Gasteiger partial charge >= 0.3 is 0 Å². The fourth-order valence-corrected chi connectivity index (χ4v) is 5.55. The minimum absolute atomic E-state index is 0.180. The number of ether oxygens (including phenoxy) is 1. The monoisotopic (exact) mass is 428 g/mol. The first-order valence-corrected chi connectivity index (χ1v) is 11.9. The molecule has 0 aromatic heterocycles. The second-order valence-corrected chi connectivity index (χ2v) is 10.1. The molecule has 4 rings (SSSR count). The Morgan fingerprint density at radius 1 is 1.20 bits per heavy atom. The largest absolute Gasteiger partial charge is 0.496 e. The lowest BCUT2D eigenvalue weighted by Crippen LogP contribution is -2.39. The molecule has 2 aliphatic rings. The van der Waals surface area contributed by atoms with E-state index in [4.69, 9.17) is 4.74 Å². The van der Waals surface area contributed by atoms with E-state index in [1.54, 1.807) is 19.2 Å². The molecule has 0 atom stereocenters. The maximum atomic E-state index is 13.3. The number of anilines is 1. The van der Waals surface area contributed by atoms with Crippen LogP contribution < -0.4 is 14.8 Å². The van der Waals surface area contributed by atoms with Crippen LogP contribution in [0.4, 0.5) is 5.69 Å². The van der Waals surface area contributed by atoms with Crippen LogP contribution in [0.25, 0.3) is 0 Å². The number of carbonyl (C=O) groups is 1. The quantitative estimate of drug-likeness (QED) is 0.733. The number of benzene rings is 2. The highest BCUT2D eigenvalue weighted by Gasteiger charge is 2.54. The van der Waals surface area contributed by atoms with E-state index in [9.17, 15) is 13.2 Å². The van der Waals surface area contributed by atoms with E-state index in [1.807, 2.05) is 24.3 Å². The minimum Gasteiger partial charge on any atom is -0.496 e. The third kappa shape index (κ3) is 3.55. The van der Waals surface area contributed by atoms with Gasteiger partial charge in [0.1, 0.15) is 5.75 Å². The van der Waals surface area contributed by atoms with E-state index in [2.05, 4.69) is 23.9 Å². The molecule has 2 aromatic rings. The fourth-order valence-electron chi connectivity index (χ4n) is 4.21. The van der Waals surface area contributed by atoms with Crippen LogP contribution in [0.3, 0.4) is 0 Å². The van der Waals surface area contributed by atoms with Crippen LogP contribution in [0.15, 0.2) is 41.3 Å². The Morgan fingerprint density at radius 2 is 1.97 bits per heavy atom. The summed E-state index contributed by atoms with van der Waals surface area (Å²) in [6.07, 6.45) is 2.72. The van der Waals surface area contributed by atoms with Crippen molar-refractivity contribution in [2.75, 3.05) is 19.0 Å². The van der Waals surface area contributed by atoms with Crippen LogP contribution in [0.1, 0.15) is 55.7 Å². The summed E-state index contributed by atoms with van der Waals surface area (Å²) in [5.74, 6) is 0.425. The van der Waals surface area contributed by atoms with Crippen molar-refractivity contribution in [3.05, 3.63) is 53.1 Å². The van der Waals surface area contributed by atoms with Gasteiger partial charge in [-0.05, 0) is 60.9 Å². The van der Waals surface area contributed by atoms with Gasteiger partial charge in [-0.1, -0.05) is 32.0 Å². The Bertz CT molecular complexity index is 1090. The summed E-state index contributed by atoms with van der Waals surface area (Å²) in [5.41, 5.74) is 2.56. The molecular weight excluding hydrogens is 400 g/mol. The van der Waals surface area contributed by atoms with Gasteiger partial charge < -0.3 is 10.1 Å². The van der Waals surface area contributed by atoms with Gasteiger partial charge in [-0.3, -0.25) is 4.79 Å². The molecule has 1 aliphatic carbocycles. The molecule has 30 heavy (non-hydrogen) atoms. The van der Waals surface area contributed by atoms with Crippen LogP contribution in [0, 0.1) is 0 Å². The van der Waals surface area contributed by atoms with E-state index >= 15 is 0 Å². The number of carbonyl (C=O) groups excluding carboxylic acids is 1. The van der Waals surface area contributed by atoms with Gasteiger partial charge in [-0.2, -0.15) is 0 Å². The molecule has 0 spiro atoms. The Balaban J connectivity index is 1.67. The molecule has 0 radical (unpaired) electrons. The molecule has 1 saturated carbocycles. The van der Waals surface area contributed by atoms with Gasteiger partial charge in [0.05, 0.1) is 17.4 Å². The highest BCUT2D eigenvalue weighted by atomic mass is 32.2. The molecule has 7 heteroatoms. The number of hydrogen-bond acceptors (Lipinski definition) is 5. The first-order valence-electron chi connectivity index (χ1n) is 10.4. The smallest absolute Gasteiger partial charge is 0.264 e. The molecular formula is C23H28N2O4S. The highest BCUT2D eigenvalue weighted by Crippen LogP contribution is 2.52. The zero-order chi connectivity index (χ0) is 21.5. The molecule has 2 aromatic carbocycles. The summed E-state index contributed by atoms with van der Waals surface area (Å²) in [6, 6.07) is 11.0. The van der Waals surface area contributed by atoms with E-state index in [1.165, 1.54) is 0 Å². The first kappa shape index (κ1) is 20.7. The molecule has 160 valence electrons. The second kappa shape index (κ2) is 7.61. The number of fused-ring (bicyclic) bond motifs is 1. The summed E-state index contributed by atoms with van der Waals surface area (Å²) in [7, 11) is -2.41. The van der Waals surface area contributed by atoms with Crippen molar-refractivity contribution in [2.24, 2.45) is 0 Å². The maximum absolute atomic E-state index is 13.3. The summed E-state index contributed by atoms with van der Waals surface area (Å²) in [6.45, 7) is 4.99. The molecule has 1 fully saturated rings.